The summed E-state index contributed by atoms with van der Waals surface area (Å²) in [4.78, 5) is 0.470. The molecule has 2 nitrogen and oxygen atoms in total. The van der Waals surface area contributed by atoms with Gasteiger partial charge in [-0.05, 0) is 20.3 Å². The van der Waals surface area contributed by atoms with Crippen LogP contribution in [-0.4, -0.2) is 15.7 Å². The Morgan fingerprint density at radius 3 is 2.22 bits per heavy atom. The van der Waals surface area contributed by atoms with Gasteiger partial charge in [-0.25, -0.2) is 0 Å². The highest BCUT2D eigenvalue weighted by molar-refractivity contribution is 7.80. The van der Waals surface area contributed by atoms with Crippen molar-refractivity contribution < 1.29 is 5.11 Å². The summed E-state index contributed by atoms with van der Waals surface area (Å²) in [5.74, 6) is 0. The van der Waals surface area contributed by atoms with E-state index in [0.29, 0.717) is 17.8 Å². The van der Waals surface area contributed by atoms with Gasteiger partial charge in [-0.1, -0.05) is 12.2 Å². The van der Waals surface area contributed by atoms with Gasteiger partial charge in [0.1, 0.15) is 0 Å². The van der Waals surface area contributed by atoms with Gasteiger partial charge in [0.25, 0.3) is 0 Å². The Kier molecular flexibility index (Phi) is 3.08. The van der Waals surface area contributed by atoms with E-state index in [1.165, 1.54) is 0 Å². The summed E-state index contributed by atoms with van der Waals surface area (Å²) < 4.78 is 0. The van der Waals surface area contributed by atoms with Crippen LogP contribution in [-0.2, 0) is 0 Å². The summed E-state index contributed by atoms with van der Waals surface area (Å²) in [5.41, 5.74) is 4.58. The number of aliphatic hydroxyl groups is 1. The second-order valence-corrected chi connectivity index (χ2v) is 3.30. The number of hydrogen-bond donors (Lipinski definition) is 2. The standard InChI is InChI=1S/C6H13NOS/c1-6(2,8)4-3-5(7)9/h8H,3-4H2,1-2H3,(H2,7,9). The van der Waals surface area contributed by atoms with Crippen LogP contribution >= 0.6 is 12.2 Å². The molecule has 0 amide bonds. The van der Waals surface area contributed by atoms with Crippen molar-refractivity contribution in [3.8, 4) is 0 Å². The molecule has 0 radical (unpaired) electrons. The van der Waals surface area contributed by atoms with Crippen molar-refractivity contribution in [3.05, 3.63) is 0 Å². The molecule has 0 aromatic rings. The van der Waals surface area contributed by atoms with Crippen molar-refractivity contribution in [2.24, 2.45) is 5.73 Å². The fraction of sp³-hybridized carbons (Fsp3) is 0.833. The molecule has 0 fully saturated rings. The average molecular weight is 147 g/mol. The van der Waals surface area contributed by atoms with E-state index < -0.39 is 5.60 Å². The van der Waals surface area contributed by atoms with Crippen molar-refractivity contribution >= 4 is 17.2 Å². The van der Waals surface area contributed by atoms with Crippen LogP contribution in [0.1, 0.15) is 26.7 Å². The molecule has 0 aliphatic carbocycles. The van der Waals surface area contributed by atoms with Crippen molar-refractivity contribution in [3.63, 3.8) is 0 Å². The molecule has 0 unspecified atom stereocenters. The highest BCUT2D eigenvalue weighted by Crippen LogP contribution is 2.09. The molecule has 0 heterocycles. The number of nitrogens with two attached hydrogens (primary N) is 1. The molecule has 0 aliphatic rings. The van der Waals surface area contributed by atoms with Crippen molar-refractivity contribution in [2.45, 2.75) is 32.3 Å². The largest absolute Gasteiger partial charge is 0.393 e. The molecule has 9 heavy (non-hydrogen) atoms. The van der Waals surface area contributed by atoms with Gasteiger partial charge in [0.05, 0.1) is 10.6 Å². The van der Waals surface area contributed by atoms with Crippen LogP contribution in [0.4, 0.5) is 0 Å². The zero-order valence-electron chi connectivity index (χ0n) is 5.85. The Morgan fingerprint density at radius 1 is 1.67 bits per heavy atom. The molecular formula is C6H13NOS. The van der Waals surface area contributed by atoms with E-state index in [1.807, 2.05) is 0 Å². The quantitative estimate of drug-likeness (QED) is 0.581. The maximum atomic E-state index is 9.15. The van der Waals surface area contributed by atoms with Gasteiger partial charge >= 0.3 is 0 Å². The van der Waals surface area contributed by atoms with Crippen LogP contribution < -0.4 is 5.73 Å². The van der Waals surface area contributed by atoms with E-state index in [0.717, 1.165) is 0 Å². The second kappa shape index (κ2) is 3.13. The number of thiocarbonyl (C=S) groups is 1. The minimum atomic E-state index is -0.635. The number of rotatable bonds is 3. The molecule has 0 bridgehead atoms. The first-order chi connectivity index (χ1) is 3.92. The molecule has 54 valence electrons. The predicted molar refractivity (Wildman–Crippen MR) is 42.3 cm³/mol. The Balaban J connectivity index is 3.39. The first-order valence-corrected chi connectivity index (χ1v) is 3.33. The summed E-state index contributed by atoms with van der Waals surface area (Å²) in [6, 6.07) is 0. The van der Waals surface area contributed by atoms with Crippen LogP contribution in [0.5, 0.6) is 0 Å². The first kappa shape index (κ1) is 8.85. The zero-order chi connectivity index (χ0) is 7.49. The van der Waals surface area contributed by atoms with Crippen molar-refractivity contribution in [1.82, 2.24) is 0 Å². The third-order valence-corrected chi connectivity index (χ3v) is 1.19. The Labute approximate surface area is 61.1 Å². The van der Waals surface area contributed by atoms with Crippen LogP contribution in [0.25, 0.3) is 0 Å². The van der Waals surface area contributed by atoms with Gasteiger partial charge in [0.15, 0.2) is 0 Å². The smallest absolute Gasteiger partial charge is 0.0728 e. The van der Waals surface area contributed by atoms with E-state index in [2.05, 4.69) is 12.2 Å². The highest BCUT2D eigenvalue weighted by atomic mass is 32.1. The van der Waals surface area contributed by atoms with Gasteiger partial charge in [0, 0.05) is 6.42 Å². The molecule has 0 saturated heterocycles. The van der Waals surface area contributed by atoms with Crippen LogP contribution in [0.15, 0.2) is 0 Å². The van der Waals surface area contributed by atoms with Crippen molar-refractivity contribution in [1.29, 1.82) is 0 Å². The van der Waals surface area contributed by atoms with Gasteiger partial charge in [0.2, 0.25) is 0 Å². The Morgan fingerprint density at radius 2 is 2.11 bits per heavy atom. The van der Waals surface area contributed by atoms with E-state index in [1.54, 1.807) is 13.8 Å². The fourth-order valence-corrected chi connectivity index (χ4v) is 0.531. The molecule has 0 aromatic carbocycles. The average Bonchev–Trinajstić information content (AvgIpc) is 1.59. The predicted octanol–water partition coefficient (Wildman–Crippen LogP) is 0.824. The molecular weight excluding hydrogens is 134 g/mol. The lowest BCUT2D eigenvalue weighted by molar-refractivity contribution is 0.0734. The summed E-state index contributed by atoms with van der Waals surface area (Å²) in [6.45, 7) is 3.48. The minimum Gasteiger partial charge on any atom is -0.393 e. The zero-order valence-corrected chi connectivity index (χ0v) is 6.66. The maximum absolute atomic E-state index is 9.15. The molecule has 3 heteroatoms. The lowest BCUT2D eigenvalue weighted by Crippen LogP contribution is -2.21. The van der Waals surface area contributed by atoms with Gasteiger partial charge in [-0.2, -0.15) is 0 Å². The lowest BCUT2D eigenvalue weighted by atomic mass is 10.0. The number of hydrogen-bond acceptors (Lipinski definition) is 2. The Hall–Kier alpha value is -0.150. The van der Waals surface area contributed by atoms with Crippen molar-refractivity contribution in [2.75, 3.05) is 0 Å². The van der Waals surface area contributed by atoms with Crippen LogP contribution in [0.2, 0.25) is 0 Å². The molecule has 0 atom stereocenters. The van der Waals surface area contributed by atoms with Crippen LogP contribution in [0.3, 0.4) is 0 Å². The third-order valence-electron chi connectivity index (χ3n) is 0.983. The van der Waals surface area contributed by atoms with Gasteiger partial charge in [-0.3, -0.25) is 0 Å². The van der Waals surface area contributed by atoms with E-state index in [4.69, 9.17) is 10.8 Å². The first-order valence-electron chi connectivity index (χ1n) is 2.92. The monoisotopic (exact) mass is 147 g/mol. The molecule has 0 aromatic heterocycles. The summed E-state index contributed by atoms with van der Waals surface area (Å²) in [7, 11) is 0. The molecule has 0 saturated carbocycles. The lowest BCUT2D eigenvalue weighted by Gasteiger charge is -2.15. The SMILES string of the molecule is CC(C)(O)CCC(N)=S. The van der Waals surface area contributed by atoms with E-state index in [-0.39, 0.29) is 0 Å². The fourth-order valence-electron chi connectivity index (χ4n) is 0.429. The third kappa shape index (κ3) is 7.85. The molecule has 0 aliphatic heterocycles. The maximum Gasteiger partial charge on any atom is 0.0728 e. The van der Waals surface area contributed by atoms with Gasteiger partial charge in [-0.15, -0.1) is 0 Å². The summed E-state index contributed by atoms with van der Waals surface area (Å²) >= 11 is 4.63. The summed E-state index contributed by atoms with van der Waals surface area (Å²) in [5, 5.41) is 9.15. The molecule has 0 rings (SSSR count). The Bertz CT molecular complexity index is 106. The van der Waals surface area contributed by atoms with E-state index in [9.17, 15) is 0 Å². The second-order valence-electron chi connectivity index (χ2n) is 2.78. The van der Waals surface area contributed by atoms with Gasteiger partial charge < -0.3 is 10.8 Å². The summed E-state index contributed by atoms with van der Waals surface area (Å²) in [6.07, 6.45) is 1.27. The van der Waals surface area contributed by atoms with E-state index >= 15 is 0 Å². The minimum absolute atomic E-state index is 0.470. The highest BCUT2D eigenvalue weighted by Gasteiger charge is 2.11. The van der Waals surface area contributed by atoms with Crippen LogP contribution in [0, 0.1) is 0 Å². The normalized spacial score (nSPS) is 11.4. The molecule has 0 spiro atoms. The topological polar surface area (TPSA) is 46.2 Å². The molecule has 3 N–H and O–H groups in total.